The van der Waals surface area contributed by atoms with Crippen molar-refractivity contribution < 1.29 is 9.53 Å². The Morgan fingerprint density at radius 1 is 1.35 bits per heavy atom. The number of amides is 1. The van der Waals surface area contributed by atoms with Crippen molar-refractivity contribution in [3.63, 3.8) is 0 Å². The summed E-state index contributed by atoms with van der Waals surface area (Å²) in [6.45, 7) is 4.55. The Bertz CT molecular complexity index is 919. The number of fused-ring (bicyclic) bond motifs is 1. The first kappa shape index (κ1) is 18.2. The van der Waals surface area contributed by atoms with Gasteiger partial charge < -0.3 is 19.9 Å². The van der Waals surface area contributed by atoms with E-state index < -0.39 is 11.2 Å². The first-order valence-corrected chi connectivity index (χ1v) is 8.75. The first-order chi connectivity index (χ1) is 12.4. The highest BCUT2D eigenvalue weighted by Crippen LogP contribution is 2.25. The van der Waals surface area contributed by atoms with E-state index in [2.05, 4.69) is 9.97 Å². The smallest absolute Gasteiger partial charge is 0.329 e. The fourth-order valence-corrected chi connectivity index (χ4v) is 3.34. The van der Waals surface area contributed by atoms with Crippen LogP contribution in [0.3, 0.4) is 0 Å². The first-order valence-electron chi connectivity index (χ1n) is 8.75. The van der Waals surface area contributed by atoms with E-state index in [4.69, 9.17) is 10.5 Å². The standard InChI is InChI=1S/C16H24N6O4/c1-3-26-9-8-22-11-13(20(2)16(25)19-14(11)24)18-15(22)21-6-4-10(5-7-21)12(17)23/h10H,3-9H2,1-2H3,(H2,17,23)(H,19,24,25). The van der Waals surface area contributed by atoms with E-state index in [0.29, 0.717) is 62.8 Å². The van der Waals surface area contributed by atoms with Gasteiger partial charge in [0, 0.05) is 39.2 Å². The number of nitrogens with zero attached hydrogens (tertiary/aromatic N) is 4. The highest BCUT2D eigenvalue weighted by atomic mass is 16.5. The maximum atomic E-state index is 12.4. The highest BCUT2D eigenvalue weighted by Gasteiger charge is 2.27. The van der Waals surface area contributed by atoms with Crippen molar-refractivity contribution in [2.24, 2.45) is 18.7 Å². The molecule has 1 amide bonds. The van der Waals surface area contributed by atoms with Gasteiger partial charge in [-0.25, -0.2) is 4.79 Å². The van der Waals surface area contributed by atoms with Gasteiger partial charge in [-0.15, -0.1) is 0 Å². The normalized spacial score (nSPS) is 15.7. The van der Waals surface area contributed by atoms with E-state index >= 15 is 0 Å². The fourth-order valence-electron chi connectivity index (χ4n) is 3.34. The summed E-state index contributed by atoms with van der Waals surface area (Å²) in [6, 6.07) is 0. The van der Waals surface area contributed by atoms with Crippen LogP contribution in [0.2, 0.25) is 0 Å². The molecule has 10 nitrogen and oxygen atoms in total. The van der Waals surface area contributed by atoms with Gasteiger partial charge in [0.25, 0.3) is 5.56 Å². The van der Waals surface area contributed by atoms with Gasteiger partial charge in [-0.05, 0) is 19.8 Å². The number of carbonyl (C=O) groups excluding carboxylic acids is 1. The number of H-pyrrole nitrogens is 1. The second-order valence-electron chi connectivity index (χ2n) is 6.41. The highest BCUT2D eigenvalue weighted by molar-refractivity contribution is 5.77. The molecular weight excluding hydrogens is 340 g/mol. The Hall–Kier alpha value is -2.62. The lowest BCUT2D eigenvalue weighted by molar-refractivity contribution is -0.122. The molecule has 0 unspecified atom stereocenters. The van der Waals surface area contributed by atoms with Crippen molar-refractivity contribution >= 4 is 23.0 Å². The number of nitrogens with two attached hydrogens (primary N) is 1. The fraction of sp³-hybridized carbons (Fsp3) is 0.625. The van der Waals surface area contributed by atoms with Crippen LogP contribution in [0, 0.1) is 5.92 Å². The number of rotatable bonds is 6. The van der Waals surface area contributed by atoms with Crippen LogP contribution in [0.15, 0.2) is 9.59 Å². The minimum absolute atomic E-state index is 0.139. The number of anilines is 1. The van der Waals surface area contributed by atoms with Gasteiger partial charge in [-0.3, -0.25) is 19.1 Å². The van der Waals surface area contributed by atoms with Crippen molar-refractivity contribution in [2.45, 2.75) is 26.3 Å². The largest absolute Gasteiger partial charge is 0.380 e. The van der Waals surface area contributed by atoms with Crippen molar-refractivity contribution in [1.29, 1.82) is 0 Å². The van der Waals surface area contributed by atoms with Gasteiger partial charge in [0.15, 0.2) is 11.2 Å². The molecule has 1 fully saturated rings. The topological polar surface area (TPSA) is 128 Å². The molecule has 0 bridgehead atoms. The molecule has 1 saturated heterocycles. The molecule has 1 aliphatic heterocycles. The monoisotopic (exact) mass is 364 g/mol. The predicted octanol–water partition coefficient (Wildman–Crippen LogP) is -0.838. The molecule has 0 saturated carbocycles. The summed E-state index contributed by atoms with van der Waals surface area (Å²) in [5.74, 6) is 0.183. The second-order valence-corrected chi connectivity index (χ2v) is 6.41. The zero-order valence-electron chi connectivity index (χ0n) is 15.0. The zero-order valence-corrected chi connectivity index (χ0v) is 15.0. The molecule has 0 aromatic carbocycles. The Morgan fingerprint density at radius 3 is 2.65 bits per heavy atom. The molecule has 0 aliphatic carbocycles. The van der Waals surface area contributed by atoms with Crippen LogP contribution in [0.5, 0.6) is 0 Å². The molecule has 3 heterocycles. The summed E-state index contributed by atoms with van der Waals surface area (Å²) in [5, 5.41) is 0. The molecule has 142 valence electrons. The number of hydrogen-bond acceptors (Lipinski definition) is 6. The number of ether oxygens (including phenoxy) is 1. The number of aryl methyl sites for hydroxylation is 1. The van der Waals surface area contributed by atoms with Crippen molar-refractivity contribution in [2.75, 3.05) is 31.2 Å². The van der Waals surface area contributed by atoms with Gasteiger partial charge in [0.2, 0.25) is 11.9 Å². The van der Waals surface area contributed by atoms with E-state index in [1.807, 2.05) is 11.8 Å². The summed E-state index contributed by atoms with van der Waals surface area (Å²) < 4.78 is 8.54. The lowest BCUT2D eigenvalue weighted by atomic mass is 9.96. The number of aromatic nitrogens is 4. The Kier molecular flexibility index (Phi) is 5.12. The van der Waals surface area contributed by atoms with Crippen LogP contribution in [0.25, 0.3) is 11.2 Å². The Morgan fingerprint density at radius 2 is 2.04 bits per heavy atom. The molecular formula is C16H24N6O4. The number of imidazole rings is 1. The SMILES string of the molecule is CCOCCn1c(N2CCC(C(N)=O)CC2)nc2c1c(=O)[nH]c(=O)n2C. The van der Waals surface area contributed by atoms with E-state index in [1.54, 1.807) is 11.6 Å². The Labute approximate surface area is 149 Å². The summed E-state index contributed by atoms with van der Waals surface area (Å²) in [4.78, 5) is 44.6. The number of aromatic amines is 1. The van der Waals surface area contributed by atoms with Gasteiger partial charge in [-0.2, -0.15) is 4.98 Å². The molecule has 0 radical (unpaired) electrons. The maximum absolute atomic E-state index is 12.4. The molecule has 26 heavy (non-hydrogen) atoms. The summed E-state index contributed by atoms with van der Waals surface area (Å²) >= 11 is 0. The van der Waals surface area contributed by atoms with Crippen molar-refractivity contribution in [3.05, 3.63) is 20.8 Å². The summed E-state index contributed by atoms with van der Waals surface area (Å²) in [6.07, 6.45) is 1.28. The summed E-state index contributed by atoms with van der Waals surface area (Å²) in [5.41, 5.74) is 5.11. The number of piperidine rings is 1. The maximum Gasteiger partial charge on any atom is 0.329 e. The molecule has 3 N–H and O–H groups in total. The number of nitrogens with one attached hydrogen (secondary N) is 1. The van der Waals surface area contributed by atoms with Gasteiger partial charge in [-0.1, -0.05) is 0 Å². The lowest BCUT2D eigenvalue weighted by Gasteiger charge is -2.31. The van der Waals surface area contributed by atoms with Crippen molar-refractivity contribution in [1.82, 2.24) is 19.1 Å². The minimum atomic E-state index is -0.504. The van der Waals surface area contributed by atoms with E-state index in [-0.39, 0.29) is 11.8 Å². The Balaban J connectivity index is 2.03. The molecule has 0 atom stereocenters. The van der Waals surface area contributed by atoms with Crippen LogP contribution in [0.4, 0.5) is 5.95 Å². The van der Waals surface area contributed by atoms with Crippen LogP contribution in [-0.2, 0) is 23.1 Å². The molecule has 1 aliphatic rings. The minimum Gasteiger partial charge on any atom is -0.380 e. The third-order valence-corrected chi connectivity index (χ3v) is 4.83. The zero-order chi connectivity index (χ0) is 18.8. The van der Waals surface area contributed by atoms with E-state index in [0.717, 1.165) is 0 Å². The number of primary amides is 1. The molecule has 3 rings (SSSR count). The lowest BCUT2D eigenvalue weighted by Crippen LogP contribution is -2.40. The second kappa shape index (κ2) is 7.32. The van der Waals surface area contributed by atoms with Gasteiger partial charge in [0.05, 0.1) is 6.61 Å². The predicted molar refractivity (Wildman–Crippen MR) is 96.2 cm³/mol. The van der Waals surface area contributed by atoms with E-state index in [9.17, 15) is 14.4 Å². The number of hydrogen-bond donors (Lipinski definition) is 2. The molecule has 0 spiro atoms. The third-order valence-electron chi connectivity index (χ3n) is 4.83. The van der Waals surface area contributed by atoms with Crippen LogP contribution in [0.1, 0.15) is 19.8 Å². The van der Waals surface area contributed by atoms with Gasteiger partial charge >= 0.3 is 5.69 Å². The van der Waals surface area contributed by atoms with E-state index in [1.165, 1.54) is 4.57 Å². The van der Waals surface area contributed by atoms with Crippen molar-refractivity contribution in [3.8, 4) is 0 Å². The van der Waals surface area contributed by atoms with Crippen LogP contribution in [-0.4, -0.2) is 51.3 Å². The van der Waals surface area contributed by atoms with Gasteiger partial charge in [0.1, 0.15) is 0 Å². The average molecular weight is 364 g/mol. The summed E-state index contributed by atoms with van der Waals surface area (Å²) in [7, 11) is 1.57. The van der Waals surface area contributed by atoms with Crippen LogP contribution >= 0.6 is 0 Å². The molecule has 2 aromatic heterocycles. The average Bonchev–Trinajstić information content (AvgIpc) is 3.00. The third kappa shape index (κ3) is 3.24. The number of carbonyl (C=O) groups is 1. The molecule has 2 aromatic rings. The van der Waals surface area contributed by atoms with Crippen LogP contribution < -0.4 is 21.9 Å². The quantitative estimate of drug-likeness (QED) is 0.643. The molecule has 10 heteroatoms.